The summed E-state index contributed by atoms with van der Waals surface area (Å²) in [4.78, 5) is 11.4. The summed E-state index contributed by atoms with van der Waals surface area (Å²) in [6.45, 7) is 3.23. The Bertz CT molecular complexity index is 543. The molecule has 0 saturated heterocycles. The van der Waals surface area contributed by atoms with Crippen LogP contribution in [0.5, 0.6) is 0 Å². The summed E-state index contributed by atoms with van der Waals surface area (Å²) in [7, 11) is -3.15. The molecule has 0 spiro atoms. The van der Waals surface area contributed by atoms with E-state index in [1.54, 1.807) is 13.0 Å². The molecule has 0 bridgehead atoms. The van der Waals surface area contributed by atoms with E-state index in [2.05, 4.69) is 0 Å². The maximum atomic E-state index is 11.9. The van der Waals surface area contributed by atoms with Crippen LogP contribution in [0.4, 0.5) is 0 Å². The maximum absolute atomic E-state index is 11.9. The second-order valence-corrected chi connectivity index (χ2v) is 6.72. The normalized spacial score (nSPS) is 21.8. The Morgan fingerprint density at radius 1 is 1.44 bits per heavy atom. The summed E-state index contributed by atoms with van der Waals surface area (Å²) in [6, 6.07) is 5.32. The van der Waals surface area contributed by atoms with Gasteiger partial charge in [-0.2, -0.15) is 0 Å². The first-order valence-corrected chi connectivity index (χ1v) is 6.81. The molecule has 0 fully saturated rings. The van der Waals surface area contributed by atoms with E-state index in [0.29, 0.717) is 17.7 Å². The number of fused-ring (bicyclic) bond motifs is 1. The van der Waals surface area contributed by atoms with Crippen molar-refractivity contribution in [3.63, 3.8) is 0 Å². The molecule has 0 N–H and O–H groups in total. The molecule has 1 unspecified atom stereocenters. The average Bonchev–Trinajstić information content (AvgIpc) is 2.39. The van der Waals surface area contributed by atoms with Gasteiger partial charge < -0.3 is 0 Å². The zero-order chi connectivity index (χ0) is 11.9. The molecule has 16 heavy (non-hydrogen) atoms. The molecular weight excluding hydrogens is 224 g/mol. The van der Waals surface area contributed by atoms with Crippen molar-refractivity contribution in [1.82, 2.24) is 0 Å². The fraction of sp³-hybridized carbons (Fsp3) is 0.417. The Kier molecular flexibility index (Phi) is 2.62. The average molecular weight is 238 g/mol. The Labute approximate surface area is 95.4 Å². The van der Waals surface area contributed by atoms with Crippen LogP contribution in [0.3, 0.4) is 0 Å². The molecule has 0 aliphatic carbocycles. The zero-order valence-electron chi connectivity index (χ0n) is 9.36. The van der Waals surface area contributed by atoms with Gasteiger partial charge in [0.2, 0.25) is 0 Å². The van der Waals surface area contributed by atoms with Crippen LogP contribution < -0.4 is 0 Å². The summed E-state index contributed by atoms with van der Waals surface area (Å²) in [6.07, 6.45) is 0.884. The van der Waals surface area contributed by atoms with E-state index >= 15 is 0 Å². The molecule has 4 heteroatoms. The number of benzene rings is 1. The first kappa shape index (κ1) is 11.3. The van der Waals surface area contributed by atoms with Gasteiger partial charge in [0.1, 0.15) is 5.78 Å². The fourth-order valence-electron chi connectivity index (χ4n) is 2.07. The second kappa shape index (κ2) is 3.70. The van der Waals surface area contributed by atoms with Gasteiger partial charge in [0, 0.05) is 6.42 Å². The molecule has 2 rings (SSSR count). The molecule has 0 aromatic heterocycles. The number of hydrogen-bond donors (Lipinski definition) is 0. The van der Waals surface area contributed by atoms with Crippen molar-refractivity contribution in [2.75, 3.05) is 0 Å². The molecule has 1 heterocycles. The fourth-order valence-corrected chi connectivity index (χ4v) is 3.73. The highest BCUT2D eigenvalue weighted by molar-refractivity contribution is 7.92. The molecule has 0 radical (unpaired) electrons. The van der Waals surface area contributed by atoms with Crippen molar-refractivity contribution in [2.45, 2.75) is 36.8 Å². The predicted octanol–water partition coefficient (Wildman–Crippen LogP) is 1.54. The lowest BCUT2D eigenvalue weighted by Gasteiger charge is -2.03. The van der Waals surface area contributed by atoms with Gasteiger partial charge in [0.25, 0.3) is 0 Å². The van der Waals surface area contributed by atoms with E-state index in [9.17, 15) is 13.2 Å². The first-order chi connectivity index (χ1) is 7.41. The van der Waals surface area contributed by atoms with E-state index in [1.165, 1.54) is 6.92 Å². The summed E-state index contributed by atoms with van der Waals surface area (Å²) in [5.74, 6) is 0.0448. The van der Waals surface area contributed by atoms with Gasteiger partial charge in [-0.05, 0) is 37.5 Å². The van der Waals surface area contributed by atoms with Gasteiger partial charge in [-0.25, -0.2) is 8.42 Å². The number of ketones is 1. The van der Waals surface area contributed by atoms with Crippen LogP contribution in [0.15, 0.2) is 23.1 Å². The van der Waals surface area contributed by atoms with Crippen LogP contribution in [0.25, 0.3) is 0 Å². The van der Waals surface area contributed by atoms with E-state index < -0.39 is 9.84 Å². The van der Waals surface area contributed by atoms with Crippen LogP contribution >= 0.6 is 0 Å². The lowest BCUT2D eigenvalue weighted by Crippen LogP contribution is -2.11. The van der Waals surface area contributed by atoms with Gasteiger partial charge in [-0.15, -0.1) is 0 Å². The largest absolute Gasteiger partial charge is 0.300 e. The topological polar surface area (TPSA) is 51.2 Å². The quantitative estimate of drug-likeness (QED) is 0.785. The number of carbonyl (C=O) groups is 1. The standard InChI is InChI=1S/C12H14O3S/c1-8(13)5-10-3-4-11-6-9(2)16(14,15)12(11)7-10/h3-4,7,9H,5-6H2,1-2H3. The molecule has 1 atom stereocenters. The summed E-state index contributed by atoms with van der Waals surface area (Å²) in [5.41, 5.74) is 1.66. The number of carbonyl (C=O) groups excluding carboxylic acids is 1. The molecule has 3 nitrogen and oxygen atoms in total. The molecule has 1 aromatic carbocycles. The maximum Gasteiger partial charge on any atom is 0.181 e. The van der Waals surface area contributed by atoms with Crippen molar-refractivity contribution in [3.8, 4) is 0 Å². The minimum absolute atomic E-state index is 0.0448. The molecule has 0 saturated carbocycles. The Morgan fingerprint density at radius 2 is 2.12 bits per heavy atom. The van der Waals surface area contributed by atoms with Gasteiger partial charge >= 0.3 is 0 Å². The highest BCUT2D eigenvalue weighted by atomic mass is 32.2. The Hall–Kier alpha value is -1.16. The van der Waals surface area contributed by atoms with E-state index in [-0.39, 0.29) is 11.0 Å². The predicted molar refractivity (Wildman–Crippen MR) is 61.2 cm³/mol. The zero-order valence-corrected chi connectivity index (χ0v) is 10.2. The molecule has 86 valence electrons. The van der Waals surface area contributed by atoms with Gasteiger partial charge in [-0.3, -0.25) is 4.79 Å². The number of rotatable bonds is 2. The van der Waals surface area contributed by atoms with Crippen molar-refractivity contribution in [1.29, 1.82) is 0 Å². The number of Topliss-reactive ketones (excluding diaryl/α,β-unsaturated/α-hetero) is 1. The Morgan fingerprint density at radius 3 is 2.75 bits per heavy atom. The van der Waals surface area contributed by atoms with Crippen LogP contribution in [0.1, 0.15) is 25.0 Å². The molecule has 0 amide bonds. The Balaban J connectivity index is 2.48. The monoisotopic (exact) mass is 238 g/mol. The van der Waals surface area contributed by atoms with Crippen LogP contribution in [0, 0.1) is 0 Å². The minimum atomic E-state index is -3.15. The summed E-state index contributed by atoms with van der Waals surface area (Å²) in [5, 5.41) is -0.338. The minimum Gasteiger partial charge on any atom is -0.300 e. The van der Waals surface area contributed by atoms with Crippen LogP contribution in [-0.4, -0.2) is 19.5 Å². The molecule has 1 aliphatic rings. The lowest BCUT2D eigenvalue weighted by atomic mass is 10.0. The van der Waals surface area contributed by atoms with Crippen molar-refractivity contribution >= 4 is 15.6 Å². The van der Waals surface area contributed by atoms with Crippen molar-refractivity contribution in [2.24, 2.45) is 0 Å². The highest BCUT2D eigenvalue weighted by Gasteiger charge is 2.33. The van der Waals surface area contributed by atoms with E-state index in [1.807, 2.05) is 12.1 Å². The SMILES string of the molecule is CC(=O)Cc1ccc2c(c1)S(=O)(=O)C(C)C2. The number of sulfone groups is 1. The summed E-state index contributed by atoms with van der Waals surface area (Å²) < 4.78 is 23.9. The van der Waals surface area contributed by atoms with Crippen molar-refractivity contribution < 1.29 is 13.2 Å². The van der Waals surface area contributed by atoms with Gasteiger partial charge in [0.15, 0.2) is 9.84 Å². The third kappa shape index (κ3) is 1.78. The van der Waals surface area contributed by atoms with Crippen molar-refractivity contribution in [3.05, 3.63) is 29.3 Å². The lowest BCUT2D eigenvalue weighted by molar-refractivity contribution is -0.116. The summed E-state index contributed by atoms with van der Waals surface area (Å²) >= 11 is 0. The van der Waals surface area contributed by atoms with Gasteiger partial charge in [-0.1, -0.05) is 12.1 Å². The molecule has 1 aromatic rings. The highest BCUT2D eigenvalue weighted by Crippen LogP contribution is 2.31. The smallest absolute Gasteiger partial charge is 0.181 e. The third-order valence-corrected chi connectivity index (χ3v) is 5.15. The van der Waals surface area contributed by atoms with Crippen LogP contribution in [-0.2, 0) is 27.5 Å². The molecule has 1 aliphatic heterocycles. The third-order valence-electron chi connectivity index (χ3n) is 2.93. The second-order valence-electron chi connectivity index (χ2n) is 4.38. The van der Waals surface area contributed by atoms with E-state index in [0.717, 1.165) is 11.1 Å². The van der Waals surface area contributed by atoms with E-state index in [4.69, 9.17) is 0 Å². The molecular formula is C12H14O3S. The van der Waals surface area contributed by atoms with Gasteiger partial charge in [0.05, 0.1) is 10.1 Å². The number of hydrogen-bond acceptors (Lipinski definition) is 3. The van der Waals surface area contributed by atoms with Crippen LogP contribution in [0.2, 0.25) is 0 Å². The first-order valence-electron chi connectivity index (χ1n) is 5.26.